The molecule has 0 atom stereocenters. The molecule has 0 N–H and O–H groups in total. The summed E-state index contributed by atoms with van der Waals surface area (Å²) in [7, 11) is 0. The van der Waals surface area contributed by atoms with Gasteiger partial charge < -0.3 is 4.42 Å². The van der Waals surface area contributed by atoms with Gasteiger partial charge in [-0.05, 0) is 36.4 Å². The van der Waals surface area contributed by atoms with Crippen LogP contribution in [0.25, 0.3) is 72.2 Å². The van der Waals surface area contributed by atoms with Gasteiger partial charge in [-0.2, -0.15) is 0 Å². The van der Waals surface area contributed by atoms with Gasteiger partial charge in [0, 0.05) is 32.7 Å². The molecule has 3 aromatic heterocycles. The van der Waals surface area contributed by atoms with Gasteiger partial charge in [-0.15, -0.1) is 0 Å². The van der Waals surface area contributed by atoms with E-state index in [1.54, 1.807) is 0 Å². The molecule has 0 spiro atoms. The zero-order valence-corrected chi connectivity index (χ0v) is 20.4. The average Bonchev–Trinajstić information content (AvgIpc) is 3.53. The van der Waals surface area contributed by atoms with E-state index in [1.165, 1.54) is 10.8 Å². The van der Waals surface area contributed by atoms with Gasteiger partial charge in [0.2, 0.25) is 5.95 Å². The standard InChI is InChI=1S/C34H21N3O/c1-2-10-22(11-3-1)28-21-29(23-18-19-27-26-14-6-9-17-32(26)38-33(27)20-23)36-34(35-28)37-30-15-7-4-12-24(30)25-13-5-8-16-31(25)37/h1-21H. The highest BCUT2D eigenvalue weighted by Gasteiger charge is 2.17. The second-order valence-corrected chi connectivity index (χ2v) is 9.48. The molecule has 0 aliphatic heterocycles. The predicted molar refractivity (Wildman–Crippen MR) is 155 cm³/mol. The Bertz CT molecular complexity index is 2080. The van der Waals surface area contributed by atoms with Crippen molar-refractivity contribution in [2.45, 2.75) is 0 Å². The normalized spacial score (nSPS) is 11.7. The van der Waals surface area contributed by atoms with Crippen molar-refractivity contribution in [3.05, 3.63) is 127 Å². The van der Waals surface area contributed by atoms with Gasteiger partial charge in [0.25, 0.3) is 0 Å². The molecular weight excluding hydrogens is 466 g/mol. The minimum Gasteiger partial charge on any atom is -0.456 e. The summed E-state index contributed by atoms with van der Waals surface area (Å²) in [5, 5.41) is 4.58. The lowest BCUT2D eigenvalue weighted by molar-refractivity contribution is 0.669. The van der Waals surface area contributed by atoms with Gasteiger partial charge >= 0.3 is 0 Å². The van der Waals surface area contributed by atoms with Crippen LogP contribution in [0.4, 0.5) is 0 Å². The summed E-state index contributed by atoms with van der Waals surface area (Å²) in [5.74, 6) is 0.642. The van der Waals surface area contributed by atoms with E-state index in [0.717, 1.165) is 55.5 Å². The minimum atomic E-state index is 0.642. The highest BCUT2D eigenvalue weighted by atomic mass is 16.3. The second kappa shape index (κ2) is 8.15. The summed E-state index contributed by atoms with van der Waals surface area (Å²) in [6.45, 7) is 0. The lowest BCUT2D eigenvalue weighted by atomic mass is 10.1. The Morgan fingerprint density at radius 3 is 1.76 bits per heavy atom. The largest absolute Gasteiger partial charge is 0.456 e. The average molecular weight is 488 g/mol. The monoisotopic (exact) mass is 487 g/mol. The first-order chi connectivity index (χ1) is 18.8. The molecule has 8 rings (SSSR count). The van der Waals surface area contributed by atoms with Crippen molar-refractivity contribution in [1.82, 2.24) is 14.5 Å². The quantitative estimate of drug-likeness (QED) is 0.250. The van der Waals surface area contributed by atoms with Crippen LogP contribution in [0, 0.1) is 0 Å². The highest BCUT2D eigenvalue weighted by Crippen LogP contribution is 2.35. The summed E-state index contributed by atoms with van der Waals surface area (Å²) < 4.78 is 8.37. The third-order valence-corrected chi connectivity index (χ3v) is 7.24. The second-order valence-electron chi connectivity index (χ2n) is 9.48. The molecule has 0 aliphatic carbocycles. The molecule has 0 fully saturated rings. The molecule has 0 radical (unpaired) electrons. The van der Waals surface area contributed by atoms with E-state index >= 15 is 0 Å². The van der Waals surface area contributed by atoms with Crippen molar-refractivity contribution < 1.29 is 4.42 Å². The summed E-state index contributed by atoms with van der Waals surface area (Å²) in [6, 6.07) is 43.7. The molecule has 4 heteroatoms. The molecular formula is C34H21N3O. The van der Waals surface area contributed by atoms with E-state index in [1.807, 2.05) is 36.4 Å². The van der Waals surface area contributed by atoms with Crippen LogP contribution in [0.1, 0.15) is 0 Å². The Balaban J connectivity index is 1.41. The fraction of sp³-hybridized carbons (Fsp3) is 0. The number of hydrogen-bond acceptors (Lipinski definition) is 3. The van der Waals surface area contributed by atoms with Crippen LogP contribution in [0.2, 0.25) is 0 Å². The Kier molecular flexibility index (Phi) is 4.49. The molecule has 0 saturated carbocycles. The molecule has 4 nitrogen and oxygen atoms in total. The van der Waals surface area contributed by atoms with E-state index in [4.69, 9.17) is 14.4 Å². The molecule has 0 unspecified atom stereocenters. The van der Waals surface area contributed by atoms with Crippen molar-refractivity contribution in [3.63, 3.8) is 0 Å². The zero-order chi connectivity index (χ0) is 25.1. The van der Waals surface area contributed by atoms with Crippen LogP contribution in [0.15, 0.2) is 132 Å². The topological polar surface area (TPSA) is 43.9 Å². The first-order valence-electron chi connectivity index (χ1n) is 12.7. The van der Waals surface area contributed by atoms with Gasteiger partial charge in [-0.1, -0.05) is 91.0 Å². The minimum absolute atomic E-state index is 0.642. The van der Waals surface area contributed by atoms with E-state index < -0.39 is 0 Å². The number of para-hydroxylation sites is 3. The number of fused-ring (bicyclic) bond motifs is 6. The van der Waals surface area contributed by atoms with Crippen LogP contribution >= 0.6 is 0 Å². The van der Waals surface area contributed by atoms with Gasteiger partial charge in [-0.3, -0.25) is 4.57 Å². The van der Waals surface area contributed by atoms with Crippen molar-refractivity contribution in [1.29, 1.82) is 0 Å². The maximum absolute atomic E-state index is 6.20. The van der Waals surface area contributed by atoms with Crippen molar-refractivity contribution in [2.24, 2.45) is 0 Å². The molecule has 0 amide bonds. The zero-order valence-electron chi connectivity index (χ0n) is 20.4. The summed E-state index contributed by atoms with van der Waals surface area (Å²) in [6.07, 6.45) is 0. The number of hydrogen-bond donors (Lipinski definition) is 0. The first-order valence-corrected chi connectivity index (χ1v) is 12.7. The predicted octanol–water partition coefficient (Wildman–Crippen LogP) is 8.81. The van der Waals surface area contributed by atoms with Gasteiger partial charge in [0.1, 0.15) is 11.2 Å². The van der Waals surface area contributed by atoms with Crippen LogP contribution in [-0.2, 0) is 0 Å². The number of furan rings is 1. The highest BCUT2D eigenvalue weighted by molar-refractivity contribution is 6.09. The maximum Gasteiger partial charge on any atom is 0.235 e. The Morgan fingerprint density at radius 1 is 0.447 bits per heavy atom. The maximum atomic E-state index is 6.20. The third-order valence-electron chi connectivity index (χ3n) is 7.24. The number of nitrogens with zero attached hydrogens (tertiary/aromatic N) is 3. The number of benzene rings is 5. The summed E-state index contributed by atoms with van der Waals surface area (Å²) >= 11 is 0. The molecule has 0 aliphatic rings. The van der Waals surface area contributed by atoms with Crippen molar-refractivity contribution in [2.75, 3.05) is 0 Å². The van der Waals surface area contributed by atoms with E-state index in [0.29, 0.717) is 5.95 Å². The SMILES string of the molecule is c1ccc(-c2cc(-c3ccc4c(c3)oc3ccccc34)nc(-n3c4ccccc4c4ccccc43)n2)cc1. The van der Waals surface area contributed by atoms with Crippen molar-refractivity contribution in [3.8, 4) is 28.5 Å². The Hall–Kier alpha value is -5.22. The molecule has 5 aromatic carbocycles. The fourth-order valence-corrected chi connectivity index (χ4v) is 5.46. The Labute approximate surface area is 218 Å². The summed E-state index contributed by atoms with van der Waals surface area (Å²) in [4.78, 5) is 10.2. The van der Waals surface area contributed by atoms with Gasteiger partial charge in [0.15, 0.2) is 0 Å². The molecule has 38 heavy (non-hydrogen) atoms. The molecule has 0 bridgehead atoms. The van der Waals surface area contributed by atoms with E-state index in [2.05, 4.69) is 95.6 Å². The van der Waals surface area contributed by atoms with Crippen LogP contribution in [-0.4, -0.2) is 14.5 Å². The smallest absolute Gasteiger partial charge is 0.235 e. The number of rotatable bonds is 3. The molecule has 178 valence electrons. The third kappa shape index (κ3) is 3.17. The Morgan fingerprint density at radius 2 is 1.03 bits per heavy atom. The molecule has 0 saturated heterocycles. The molecule has 8 aromatic rings. The van der Waals surface area contributed by atoms with Crippen LogP contribution in [0.3, 0.4) is 0 Å². The number of aromatic nitrogens is 3. The first kappa shape index (κ1) is 20.9. The van der Waals surface area contributed by atoms with Crippen LogP contribution in [0.5, 0.6) is 0 Å². The van der Waals surface area contributed by atoms with Gasteiger partial charge in [-0.25, -0.2) is 9.97 Å². The lowest BCUT2D eigenvalue weighted by Crippen LogP contribution is -2.03. The van der Waals surface area contributed by atoms with E-state index in [9.17, 15) is 0 Å². The van der Waals surface area contributed by atoms with Crippen molar-refractivity contribution >= 4 is 43.7 Å². The lowest BCUT2D eigenvalue weighted by Gasteiger charge is -2.11. The van der Waals surface area contributed by atoms with E-state index in [-0.39, 0.29) is 0 Å². The van der Waals surface area contributed by atoms with Crippen LogP contribution < -0.4 is 0 Å². The summed E-state index contributed by atoms with van der Waals surface area (Å²) in [5.41, 5.74) is 7.65. The molecule has 3 heterocycles. The van der Waals surface area contributed by atoms with Gasteiger partial charge in [0.05, 0.1) is 22.4 Å². The fourth-order valence-electron chi connectivity index (χ4n) is 5.46.